The summed E-state index contributed by atoms with van der Waals surface area (Å²) in [4.78, 5) is 0. The maximum Gasteiger partial charge on any atom is 0.140 e. The van der Waals surface area contributed by atoms with E-state index in [0.717, 1.165) is 5.56 Å². The Morgan fingerprint density at radius 2 is 2.58 bits per heavy atom. The van der Waals surface area contributed by atoms with Crippen LogP contribution in [0.5, 0.6) is 0 Å². The van der Waals surface area contributed by atoms with Crippen LogP contribution in [0.25, 0.3) is 0 Å². The maximum atomic E-state index is 8.25. The number of oxime groups is 1. The van der Waals surface area contributed by atoms with Crippen LogP contribution >= 0.6 is 0 Å². The molecule has 1 heterocycles. The Bertz CT molecular complexity index is 279. The highest BCUT2D eigenvalue weighted by molar-refractivity contribution is 5.79. The van der Waals surface area contributed by atoms with Crippen LogP contribution in [0.3, 0.4) is 0 Å². The van der Waals surface area contributed by atoms with Gasteiger partial charge in [-0.15, -0.1) is 0 Å². The zero-order chi connectivity index (χ0) is 8.97. The third-order valence-electron chi connectivity index (χ3n) is 1.49. The number of nitrogens with zero attached hydrogens (tertiary/aromatic N) is 3. The Balaban J connectivity index is 2.43. The van der Waals surface area contributed by atoms with Crippen molar-refractivity contribution in [3.05, 3.63) is 18.0 Å². The molecule has 0 fully saturated rings. The van der Waals surface area contributed by atoms with Crippen LogP contribution in [-0.4, -0.2) is 20.8 Å². The molecular formula is C7H12N4O. The highest BCUT2D eigenvalue weighted by Gasteiger charge is 1.96. The van der Waals surface area contributed by atoms with Gasteiger partial charge in [0.05, 0.1) is 6.20 Å². The first-order chi connectivity index (χ1) is 5.72. The lowest BCUT2D eigenvalue weighted by atomic mass is 10.4. The number of hydrogen-bond acceptors (Lipinski definition) is 3. The van der Waals surface area contributed by atoms with Gasteiger partial charge in [0.15, 0.2) is 0 Å². The van der Waals surface area contributed by atoms with Gasteiger partial charge in [0.25, 0.3) is 0 Å². The first kappa shape index (κ1) is 8.58. The number of nitrogens with two attached hydrogens (primary N) is 1. The summed E-state index contributed by atoms with van der Waals surface area (Å²) in [6.07, 6.45) is 4.19. The second kappa shape index (κ2) is 3.75. The fraction of sp³-hybridized carbons (Fsp3) is 0.429. The van der Waals surface area contributed by atoms with E-state index in [1.807, 2.05) is 13.1 Å². The fourth-order valence-corrected chi connectivity index (χ4v) is 0.868. The van der Waals surface area contributed by atoms with Crippen LogP contribution in [0, 0.1) is 6.92 Å². The van der Waals surface area contributed by atoms with Crippen molar-refractivity contribution in [3.8, 4) is 0 Å². The van der Waals surface area contributed by atoms with Gasteiger partial charge in [-0.05, 0) is 12.5 Å². The van der Waals surface area contributed by atoms with E-state index in [9.17, 15) is 0 Å². The molecule has 66 valence electrons. The molecule has 0 bridgehead atoms. The van der Waals surface area contributed by atoms with Crippen molar-refractivity contribution in [2.24, 2.45) is 10.9 Å². The Morgan fingerprint density at radius 3 is 3.08 bits per heavy atom. The Kier molecular flexibility index (Phi) is 2.68. The summed E-state index contributed by atoms with van der Waals surface area (Å²) in [5.74, 6) is 0.225. The zero-order valence-electron chi connectivity index (χ0n) is 6.94. The maximum absolute atomic E-state index is 8.25. The van der Waals surface area contributed by atoms with Crippen LogP contribution in [0.2, 0.25) is 0 Å². The fourth-order valence-electron chi connectivity index (χ4n) is 0.868. The van der Waals surface area contributed by atoms with E-state index in [2.05, 4.69) is 10.3 Å². The SMILES string of the molecule is Cc1cnn(CC/C(N)=N/O)c1. The van der Waals surface area contributed by atoms with Gasteiger partial charge in [-0.3, -0.25) is 4.68 Å². The minimum atomic E-state index is 0.225. The second-order valence-electron chi connectivity index (χ2n) is 2.62. The molecule has 1 aromatic heterocycles. The van der Waals surface area contributed by atoms with Gasteiger partial charge in [-0.1, -0.05) is 5.16 Å². The van der Waals surface area contributed by atoms with E-state index in [1.54, 1.807) is 10.9 Å². The largest absolute Gasteiger partial charge is 0.409 e. The predicted molar refractivity (Wildman–Crippen MR) is 45.0 cm³/mol. The summed E-state index contributed by atoms with van der Waals surface area (Å²) in [7, 11) is 0. The Morgan fingerprint density at radius 1 is 1.83 bits per heavy atom. The number of aryl methyl sites for hydroxylation is 2. The first-order valence-corrected chi connectivity index (χ1v) is 3.68. The minimum Gasteiger partial charge on any atom is -0.409 e. The quantitative estimate of drug-likeness (QED) is 0.295. The van der Waals surface area contributed by atoms with Gasteiger partial charge in [0.2, 0.25) is 0 Å². The summed E-state index contributed by atoms with van der Waals surface area (Å²) in [5.41, 5.74) is 6.39. The van der Waals surface area contributed by atoms with Crippen molar-refractivity contribution in [1.29, 1.82) is 0 Å². The molecular weight excluding hydrogens is 156 g/mol. The van der Waals surface area contributed by atoms with E-state index < -0.39 is 0 Å². The number of aromatic nitrogens is 2. The van der Waals surface area contributed by atoms with Crippen LogP contribution in [0.1, 0.15) is 12.0 Å². The zero-order valence-corrected chi connectivity index (χ0v) is 6.94. The third-order valence-corrected chi connectivity index (χ3v) is 1.49. The third kappa shape index (κ3) is 2.26. The average molecular weight is 168 g/mol. The van der Waals surface area contributed by atoms with Gasteiger partial charge in [0, 0.05) is 19.2 Å². The molecule has 0 saturated carbocycles. The average Bonchev–Trinajstić information content (AvgIpc) is 2.47. The molecule has 0 aliphatic heterocycles. The van der Waals surface area contributed by atoms with Crippen LogP contribution < -0.4 is 5.73 Å². The molecule has 0 aliphatic carbocycles. The van der Waals surface area contributed by atoms with Crippen molar-refractivity contribution in [3.63, 3.8) is 0 Å². The summed E-state index contributed by atoms with van der Waals surface area (Å²) in [6.45, 7) is 2.61. The molecule has 1 aromatic rings. The predicted octanol–water partition coefficient (Wildman–Crippen LogP) is 0.328. The van der Waals surface area contributed by atoms with Gasteiger partial charge < -0.3 is 10.9 Å². The van der Waals surface area contributed by atoms with E-state index in [-0.39, 0.29) is 5.84 Å². The number of rotatable bonds is 3. The van der Waals surface area contributed by atoms with Crippen molar-refractivity contribution in [2.75, 3.05) is 0 Å². The van der Waals surface area contributed by atoms with Crippen LogP contribution in [-0.2, 0) is 6.54 Å². The van der Waals surface area contributed by atoms with E-state index >= 15 is 0 Å². The smallest absolute Gasteiger partial charge is 0.140 e. The molecule has 0 aromatic carbocycles. The molecule has 0 spiro atoms. The lowest BCUT2D eigenvalue weighted by Crippen LogP contribution is -2.14. The molecule has 0 aliphatic rings. The van der Waals surface area contributed by atoms with Crippen molar-refractivity contribution in [1.82, 2.24) is 9.78 Å². The monoisotopic (exact) mass is 168 g/mol. The molecule has 5 heteroatoms. The molecule has 0 amide bonds. The molecule has 0 unspecified atom stereocenters. The Labute approximate surface area is 70.5 Å². The number of amidine groups is 1. The molecule has 12 heavy (non-hydrogen) atoms. The van der Waals surface area contributed by atoms with Gasteiger partial charge >= 0.3 is 0 Å². The van der Waals surface area contributed by atoms with Crippen molar-refractivity contribution < 1.29 is 5.21 Å². The van der Waals surface area contributed by atoms with E-state index in [0.29, 0.717) is 13.0 Å². The molecule has 3 N–H and O–H groups in total. The summed E-state index contributed by atoms with van der Waals surface area (Å²) in [5, 5.41) is 15.2. The summed E-state index contributed by atoms with van der Waals surface area (Å²) < 4.78 is 1.76. The van der Waals surface area contributed by atoms with Gasteiger partial charge in [0.1, 0.15) is 5.84 Å². The lowest BCUT2D eigenvalue weighted by molar-refractivity contribution is 0.316. The standard InChI is InChI=1S/C7H12N4O/c1-6-4-9-11(5-6)3-2-7(8)10-12/h4-5,12H,2-3H2,1H3,(H2,8,10). The first-order valence-electron chi connectivity index (χ1n) is 3.68. The topological polar surface area (TPSA) is 76.4 Å². The normalized spacial score (nSPS) is 11.9. The van der Waals surface area contributed by atoms with Crippen molar-refractivity contribution in [2.45, 2.75) is 19.9 Å². The molecule has 1 rings (SSSR count). The lowest BCUT2D eigenvalue weighted by Gasteiger charge is -1.98. The Hall–Kier alpha value is -1.52. The highest BCUT2D eigenvalue weighted by Crippen LogP contribution is 1.95. The van der Waals surface area contributed by atoms with Gasteiger partial charge in [-0.2, -0.15) is 5.10 Å². The van der Waals surface area contributed by atoms with Crippen LogP contribution in [0.4, 0.5) is 0 Å². The molecule has 0 atom stereocenters. The van der Waals surface area contributed by atoms with E-state index in [1.165, 1.54) is 0 Å². The molecule has 0 radical (unpaired) electrons. The van der Waals surface area contributed by atoms with Crippen molar-refractivity contribution >= 4 is 5.84 Å². The number of hydrogen-bond donors (Lipinski definition) is 2. The molecule has 5 nitrogen and oxygen atoms in total. The van der Waals surface area contributed by atoms with Crippen LogP contribution in [0.15, 0.2) is 17.5 Å². The second-order valence-corrected chi connectivity index (χ2v) is 2.62. The van der Waals surface area contributed by atoms with Gasteiger partial charge in [-0.25, -0.2) is 0 Å². The van der Waals surface area contributed by atoms with E-state index in [4.69, 9.17) is 10.9 Å². The molecule has 0 saturated heterocycles. The minimum absolute atomic E-state index is 0.225. The highest BCUT2D eigenvalue weighted by atomic mass is 16.4. The summed E-state index contributed by atoms with van der Waals surface area (Å²) in [6, 6.07) is 0. The summed E-state index contributed by atoms with van der Waals surface area (Å²) >= 11 is 0.